The molecule has 25 heavy (non-hydrogen) atoms. The summed E-state index contributed by atoms with van der Waals surface area (Å²) in [5.41, 5.74) is 0.00363. The molecule has 1 aliphatic heterocycles. The summed E-state index contributed by atoms with van der Waals surface area (Å²) in [7, 11) is 3.89. The minimum atomic E-state index is -0.354. The fraction of sp³-hybridized carbons (Fsp3) is 0.647. The van der Waals surface area contributed by atoms with Gasteiger partial charge >= 0.3 is 5.69 Å². The van der Waals surface area contributed by atoms with Gasteiger partial charge in [0.25, 0.3) is 5.56 Å². The molecular weight excluding hydrogens is 342 g/mol. The average molecular weight is 367 g/mol. The van der Waals surface area contributed by atoms with Crippen LogP contribution in [-0.2, 0) is 30.9 Å². The fourth-order valence-corrected chi connectivity index (χ4v) is 4.44. The molecule has 0 bridgehead atoms. The number of thiophene rings is 1. The smallest absolute Gasteiger partial charge is 0.332 e. The van der Waals surface area contributed by atoms with Crippen molar-refractivity contribution in [2.24, 2.45) is 0 Å². The summed E-state index contributed by atoms with van der Waals surface area (Å²) in [4.78, 5) is 29.5. The highest BCUT2D eigenvalue weighted by Gasteiger charge is 2.31. The van der Waals surface area contributed by atoms with Gasteiger partial charge < -0.3 is 14.7 Å². The van der Waals surface area contributed by atoms with Crippen LogP contribution in [0.4, 0.5) is 0 Å². The van der Waals surface area contributed by atoms with Crippen LogP contribution in [0.2, 0.25) is 0 Å². The predicted molar refractivity (Wildman–Crippen MR) is 98.6 cm³/mol. The molecule has 0 aliphatic carbocycles. The van der Waals surface area contributed by atoms with E-state index in [4.69, 9.17) is 4.74 Å². The van der Waals surface area contributed by atoms with Crippen LogP contribution in [0.25, 0.3) is 10.2 Å². The lowest BCUT2D eigenvalue weighted by Gasteiger charge is -2.29. The highest BCUT2D eigenvalue weighted by atomic mass is 32.1. The van der Waals surface area contributed by atoms with Crippen molar-refractivity contribution in [3.05, 3.63) is 31.3 Å². The van der Waals surface area contributed by atoms with Gasteiger partial charge in [-0.1, -0.05) is 0 Å². The fourth-order valence-electron chi connectivity index (χ4n) is 3.20. The topological polar surface area (TPSA) is 76.7 Å². The van der Waals surface area contributed by atoms with Gasteiger partial charge in [0.2, 0.25) is 0 Å². The van der Waals surface area contributed by atoms with E-state index in [-0.39, 0.29) is 30.0 Å². The Morgan fingerprint density at radius 3 is 2.60 bits per heavy atom. The summed E-state index contributed by atoms with van der Waals surface area (Å²) in [6.07, 6.45) is 0.641. The van der Waals surface area contributed by atoms with Crippen molar-refractivity contribution < 1.29 is 9.84 Å². The Morgan fingerprint density at radius 2 is 1.96 bits per heavy atom. The molecule has 0 fully saturated rings. The van der Waals surface area contributed by atoms with Crippen molar-refractivity contribution in [3.8, 4) is 0 Å². The molecule has 0 unspecified atom stereocenters. The Labute approximate surface area is 150 Å². The van der Waals surface area contributed by atoms with E-state index in [0.717, 1.165) is 19.8 Å². The number of rotatable bonds is 5. The molecule has 1 aliphatic rings. The zero-order chi connectivity index (χ0) is 18.4. The number of aliphatic hydroxyl groups is 1. The van der Waals surface area contributed by atoms with Gasteiger partial charge in [0.1, 0.15) is 4.83 Å². The van der Waals surface area contributed by atoms with Crippen LogP contribution < -0.4 is 11.2 Å². The van der Waals surface area contributed by atoms with Crippen molar-refractivity contribution in [1.82, 2.24) is 14.0 Å². The summed E-state index contributed by atoms with van der Waals surface area (Å²) in [6, 6.07) is 0. The maximum Gasteiger partial charge on any atom is 0.332 e. The first kappa shape index (κ1) is 18.3. The number of aliphatic hydroxyl groups excluding tert-OH is 1. The predicted octanol–water partition coefficient (Wildman–Crippen LogP) is 0.630. The zero-order valence-electron chi connectivity index (χ0n) is 15.2. The maximum absolute atomic E-state index is 13.0. The molecule has 138 valence electrons. The summed E-state index contributed by atoms with van der Waals surface area (Å²) >= 11 is 1.48. The van der Waals surface area contributed by atoms with Crippen LogP contribution in [-0.4, -0.2) is 52.0 Å². The Kier molecular flexibility index (Phi) is 4.89. The second-order valence-electron chi connectivity index (χ2n) is 7.33. The van der Waals surface area contributed by atoms with E-state index in [0.29, 0.717) is 31.5 Å². The number of likely N-dealkylation sites (N-methyl/N-ethyl adjacent to an activating group) is 1. The molecule has 0 radical (unpaired) electrons. The van der Waals surface area contributed by atoms with Gasteiger partial charge in [-0.15, -0.1) is 11.3 Å². The summed E-state index contributed by atoms with van der Waals surface area (Å²) in [5.74, 6) is 0. The first-order chi connectivity index (χ1) is 11.7. The van der Waals surface area contributed by atoms with Gasteiger partial charge in [-0.2, -0.15) is 0 Å². The molecule has 0 amide bonds. The Morgan fingerprint density at radius 1 is 1.24 bits per heavy atom. The summed E-state index contributed by atoms with van der Waals surface area (Å²) in [6.45, 7) is 5.44. The third-order valence-electron chi connectivity index (χ3n) is 4.53. The summed E-state index contributed by atoms with van der Waals surface area (Å²) < 4.78 is 8.70. The molecule has 2 aromatic heterocycles. The lowest BCUT2D eigenvalue weighted by Crippen LogP contribution is -2.42. The van der Waals surface area contributed by atoms with E-state index in [2.05, 4.69) is 0 Å². The number of hydrogen-bond acceptors (Lipinski definition) is 6. The molecule has 2 aromatic rings. The zero-order valence-corrected chi connectivity index (χ0v) is 16.0. The highest BCUT2D eigenvalue weighted by molar-refractivity contribution is 7.18. The van der Waals surface area contributed by atoms with E-state index in [1.165, 1.54) is 11.3 Å². The molecule has 8 heteroatoms. The number of aromatic nitrogens is 2. The first-order valence-electron chi connectivity index (χ1n) is 8.42. The first-order valence-corrected chi connectivity index (χ1v) is 9.24. The van der Waals surface area contributed by atoms with Crippen LogP contribution in [0.3, 0.4) is 0 Å². The monoisotopic (exact) mass is 367 g/mol. The summed E-state index contributed by atoms with van der Waals surface area (Å²) in [5, 5.41) is 9.90. The Balaban J connectivity index is 2.29. The number of nitrogens with zero attached hydrogens (tertiary/aromatic N) is 3. The van der Waals surface area contributed by atoms with E-state index in [1.807, 2.05) is 32.8 Å². The largest absolute Gasteiger partial charge is 0.395 e. The quantitative estimate of drug-likeness (QED) is 0.839. The molecular formula is C17H25N3O4S. The van der Waals surface area contributed by atoms with Gasteiger partial charge in [0.05, 0.1) is 30.7 Å². The van der Waals surface area contributed by atoms with Crippen molar-refractivity contribution >= 4 is 21.6 Å². The van der Waals surface area contributed by atoms with Gasteiger partial charge in [-0.25, -0.2) is 4.79 Å². The van der Waals surface area contributed by atoms with Crippen molar-refractivity contribution in [2.75, 3.05) is 27.2 Å². The number of fused-ring (bicyclic) bond motifs is 3. The standard InChI is InChI=1S/C17H25N3O4S/c1-17(2)9-11-12(10-24-17)25-15-13(11)14(22)19(7-8-21)16(23)20(15)6-5-18(3)4/h21H,5-10H2,1-4H3. The number of ether oxygens (including phenoxy) is 1. The van der Waals surface area contributed by atoms with E-state index >= 15 is 0 Å². The van der Waals surface area contributed by atoms with Gasteiger partial charge in [-0.3, -0.25) is 13.9 Å². The van der Waals surface area contributed by atoms with Crippen LogP contribution >= 0.6 is 11.3 Å². The normalized spacial score (nSPS) is 16.6. The number of hydrogen-bond donors (Lipinski definition) is 1. The van der Waals surface area contributed by atoms with E-state index in [1.54, 1.807) is 4.57 Å². The molecule has 7 nitrogen and oxygen atoms in total. The molecule has 0 spiro atoms. The van der Waals surface area contributed by atoms with Crippen LogP contribution in [0.15, 0.2) is 9.59 Å². The lowest BCUT2D eigenvalue weighted by molar-refractivity contribution is -0.0379. The van der Waals surface area contributed by atoms with E-state index < -0.39 is 0 Å². The SMILES string of the molecule is CN(C)CCn1c(=O)n(CCO)c(=O)c2c3c(sc21)COC(C)(C)C3. The van der Waals surface area contributed by atoms with Crippen molar-refractivity contribution in [2.45, 2.75) is 45.6 Å². The van der Waals surface area contributed by atoms with Crippen LogP contribution in [0.5, 0.6) is 0 Å². The third kappa shape index (κ3) is 3.31. The molecule has 0 saturated heterocycles. The van der Waals surface area contributed by atoms with Gasteiger partial charge in [0.15, 0.2) is 0 Å². The Hall–Kier alpha value is -1.48. The minimum absolute atomic E-state index is 0.0140. The Bertz CT molecular complexity index is 907. The highest BCUT2D eigenvalue weighted by Crippen LogP contribution is 2.37. The molecule has 1 N–H and O–H groups in total. The minimum Gasteiger partial charge on any atom is -0.395 e. The molecule has 3 rings (SSSR count). The van der Waals surface area contributed by atoms with Crippen molar-refractivity contribution in [3.63, 3.8) is 0 Å². The lowest BCUT2D eigenvalue weighted by atomic mass is 9.94. The second kappa shape index (κ2) is 6.68. The third-order valence-corrected chi connectivity index (χ3v) is 5.76. The van der Waals surface area contributed by atoms with Crippen molar-refractivity contribution in [1.29, 1.82) is 0 Å². The van der Waals surface area contributed by atoms with Gasteiger partial charge in [-0.05, 0) is 33.5 Å². The van der Waals surface area contributed by atoms with Gasteiger partial charge in [0, 0.05) is 24.4 Å². The molecule has 3 heterocycles. The molecule has 0 saturated carbocycles. The maximum atomic E-state index is 13.0. The second-order valence-corrected chi connectivity index (χ2v) is 8.41. The van der Waals surface area contributed by atoms with Crippen LogP contribution in [0.1, 0.15) is 24.3 Å². The average Bonchev–Trinajstić information content (AvgIpc) is 2.88. The molecule has 0 atom stereocenters. The molecule has 0 aromatic carbocycles. The van der Waals surface area contributed by atoms with E-state index in [9.17, 15) is 14.7 Å². The van der Waals surface area contributed by atoms with Crippen LogP contribution in [0, 0.1) is 0 Å².